The molecule has 0 spiro atoms. The van der Waals surface area contributed by atoms with Crippen molar-refractivity contribution in [1.29, 1.82) is 0 Å². The van der Waals surface area contributed by atoms with Crippen LogP contribution in [-0.4, -0.2) is 24.8 Å². The van der Waals surface area contributed by atoms with Gasteiger partial charge in [-0.15, -0.1) is 12.3 Å². The average molecular weight is 325 g/mol. The lowest BCUT2D eigenvalue weighted by Crippen LogP contribution is -2.18. The van der Waals surface area contributed by atoms with Crippen molar-refractivity contribution < 1.29 is 9.53 Å². The number of terminal acetylenes is 1. The van der Waals surface area contributed by atoms with Crippen molar-refractivity contribution in [1.82, 2.24) is 0 Å². The van der Waals surface area contributed by atoms with Crippen LogP contribution in [0.1, 0.15) is 50.0 Å². The van der Waals surface area contributed by atoms with Crippen molar-refractivity contribution in [3.8, 4) is 12.3 Å². The van der Waals surface area contributed by atoms with Crippen molar-refractivity contribution in [2.75, 3.05) is 18.5 Å². The van der Waals surface area contributed by atoms with Gasteiger partial charge in [0, 0.05) is 44.6 Å². The van der Waals surface area contributed by atoms with Gasteiger partial charge in [0.15, 0.2) is 5.66 Å². The minimum absolute atomic E-state index is 0.00323. The summed E-state index contributed by atoms with van der Waals surface area (Å²) >= 11 is 0. The maximum atomic E-state index is 12.2. The van der Waals surface area contributed by atoms with Crippen molar-refractivity contribution >= 4 is 11.6 Å². The van der Waals surface area contributed by atoms with Crippen LogP contribution in [0, 0.1) is 12.3 Å². The van der Waals surface area contributed by atoms with Crippen LogP contribution in [0.2, 0.25) is 0 Å². The Bertz CT molecular complexity index is 651. The molecular weight excluding hydrogens is 302 g/mol. The number of anilines is 1. The molecule has 2 heterocycles. The molecule has 5 heteroatoms. The largest absolute Gasteiger partial charge is 0.381 e. The van der Waals surface area contributed by atoms with Gasteiger partial charge < -0.3 is 10.1 Å². The van der Waals surface area contributed by atoms with Crippen LogP contribution in [-0.2, 0) is 9.53 Å². The lowest BCUT2D eigenvalue weighted by atomic mass is 9.91. The predicted molar refractivity (Wildman–Crippen MR) is 92.8 cm³/mol. The molecule has 1 fully saturated rings. The molecule has 0 bridgehead atoms. The van der Waals surface area contributed by atoms with Gasteiger partial charge in [-0.2, -0.15) is 10.2 Å². The zero-order chi connectivity index (χ0) is 16.8. The first kappa shape index (κ1) is 16.7. The number of hydrogen-bond acceptors (Lipinski definition) is 4. The smallest absolute Gasteiger partial charge is 0.224 e. The van der Waals surface area contributed by atoms with Crippen LogP contribution in [0.3, 0.4) is 0 Å². The molecular formula is C19H23N3O2. The molecule has 1 N–H and O–H groups in total. The number of carbonyl (C=O) groups excluding carboxylic acids is 1. The normalized spacial score (nSPS) is 18.8. The molecule has 1 aromatic carbocycles. The van der Waals surface area contributed by atoms with Crippen LogP contribution >= 0.6 is 0 Å². The number of rotatable bonds is 7. The van der Waals surface area contributed by atoms with Crippen molar-refractivity contribution in [2.45, 2.75) is 50.1 Å². The number of nitrogens with zero attached hydrogens (tertiary/aromatic N) is 2. The van der Waals surface area contributed by atoms with E-state index in [1.165, 1.54) is 5.56 Å². The Hall–Kier alpha value is -2.19. The summed E-state index contributed by atoms with van der Waals surface area (Å²) in [7, 11) is 0. The van der Waals surface area contributed by atoms with Gasteiger partial charge in [0.2, 0.25) is 5.91 Å². The molecule has 126 valence electrons. The summed E-state index contributed by atoms with van der Waals surface area (Å²) in [6.45, 7) is 1.63. The molecule has 3 rings (SSSR count). The third-order valence-electron chi connectivity index (χ3n) is 4.67. The number of ether oxygens (including phenoxy) is 1. The van der Waals surface area contributed by atoms with Gasteiger partial charge in [-0.05, 0) is 36.5 Å². The lowest BCUT2D eigenvalue weighted by molar-refractivity contribution is -0.116. The third kappa shape index (κ3) is 4.42. The highest BCUT2D eigenvalue weighted by molar-refractivity contribution is 5.90. The summed E-state index contributed by atoms with van der Waals surface area (Å²) in [5.41, 5.74) is 1.73. The maximum Gasteiger partial charge on any atom is 0.224 e. The highest BCUT2D eigenvalue weighted by Crippen LogP contribution is 2.37. The van der Waals surface area contributed by atoms with Crippen LogP contribution in [0.25, 0.3) is 0 Å². The standard InChI is InChI=1S/C19H23N3O2/c1-2-3-10-19(21-22-19)11-7-18(23)20-17-6-4-5-16(14-17)15-8-12-24-13-9-15/h1,4-6,14-15H,3,7-13H2,(H,20,23). The second kappa shape index (κ2) is 7.59. The van der Waals surface area contributed by atoms with E-state index in [0.717, 1.165) is 38.2 Å². The van der Waals surface area contributed by atoms with Gasteiger partial charge in [-0.25, -0.2) is 0 Å². The van der Waals surface area contributed by atoms with Crippen LogP contribution in [0.4, 0.5) is 5.69 Å². The summed E-state index contributed by atoms with van der Waals surface area (Å²) < 4.78 is 5.41. The van der Waals surface area contributed by atoms with E-state index in [1.54, 1.807) is 0 Å². The van der Waals surface area contributed by atoms with Gasteiger partial charge in [0.05, 0.1) is 0 Å². The number of nitrogens with one attached hydrogen (secondary N) is 1. The SMILES string of the molecule is C#CCCC1(CCC(=O)Nc2cccc(C3CCOCC3)c2)N=N1. The topological polar surface area (TPSA) is 63.0 Å². The summed E-state index contributed by atoms with van der Waals surface area (Å²) in [6.07, 6.45) is 9.76. The second-order valence-electron chi connectivity index (χ2n) is 6.45. The minimum atomic E-state index is -0.395. The summed E-state index contributed by atoms with van der Waals surface area (Å²) in [5.74, 6) is 3.12. The van der Waals surface area contributed by atoms with E-state index in [1.807, 2.05) is 12.1 Å². The lowest BCUT2D eigenvalue weighted by Gasteiger charge is -2.22. The van der Waals surface area contributed by atoms with E-state index in [-0.39, 0.29) is 5.91 Å². The molecule has 1 aromatic rings. The summed E-state index contributed by atoms with van der Waals surface area (Å²) in [5, 5.41) is 11.1. The fraction of sp³-hybridized carbons (Fsp3) is 0.526. The van der Waals surface area contributed by atoms with E-state index < -0.39 is 5.66 Å². The van der Waals surface area contributed by atoms with Crippen LogP contribution in [0.5, 0.6) is 0 Å². The van der Waals surface area contributed by atoms with E-state index in [2.05, 4.69) is 33.6 Å². The predicted octanol–water partition coefficient (Wildman–Crippen LogP) is 3.87. The maximum absolute atomic E-state index is 12.2. The second-order valence-corrected chi connectivity index (χ2v) is 6.45. The first-order valence-electron chi connectivity index (χ1n) is 8.56. The van der Waals surface area contributed by atoms with E-state index in [4.69, 9.17) is 11.2 Å². The molecule has 0 unspecified atom stereocenters. The fourth-order valence-corrected chi connectivity index (χ4v) is 3.11. The summed E-state index contributed by atoms with van der Waals surface area (Å²) in [6, 6.07) is 8.14. The Balaban J connectivity index is 1.50. The molecule has 0 radical (unpaired) electrons. The van der Waals surface area contributed by atoms with E-state index >= 15 is 0 Å². The van der Waals surface area contributed by atoms with Crippen molar-refractivity contribution in [3.63, 3.8) is 0 Å². The molecule has 2 aliphatic rings. The highest BCUT2D eigenvalue weighted by atomic mass is 16.5. The molecule has 1 amide bonds. The first-order valence-corrected chi connectivity index (χ1v) is 8.56. The third-order valence-corrected chi connectivity index (χ3v) is 4.67. The van der Waals surface area contributed by atoms with Crippen LogP contribution in [0.15, 0.2) is 34.5 Å². The molecule has 1 saturated heterocycles. The minimum Gasteiger partial charge on any atom is -0.381 e. The van der Waals surface area contributed by atoms with Gasteiger partial charge in [-0.3, -0.25) is 4.79 Å². The molecule has 0 atom stereocenters. The molecule has 0 aromatic heterocycles. The summed E-state index contributed by atoms with van der Waals surface area (Å²) in [4.78, 5) is 12.2. The Kier molecular flexibility index (Phi) is 5.27. The van der Waals surface area contributed by atoms with Gasteiger partial charge >= 0.3 is 0 Å². The fourth-order valence-electron chi connectivity index (χ4n) is 3.11. The Morgan fingerprint density at radius 2 is 2.12 bits per heavy atom. The van der Waals surface area contributed by atoms with Crippen LogP contribution < -0.4 is 5.32 Å². The zero-order valence-electron chi connectivity index (χ0n) is 13.8. The molecule has 24 heavy (non-hydrogen) atoms. The first-order chi connectivity index (χ1) is 11.7. The van der Waals surface area contributed by atoms with Crippen molar-refractivity contribution in [2.24, 2.45) is 10.2 Å². The molecule has 2 aliphatic heterocycles. The number of benzene rings is 1. The van der Waals surface area contributed by atoms with Gasteiger partial charge in [0.1, 0.15) is 0 Å². The van der Waals surface area contributed by atoms with Crippen molar-refractivity contribution in [3.05, 3.63) is 29.8 Å². The average Bonchev–Trinajstić information content (AvgIpc) is 3.40. The highest BCUT2D eigenvalue weighted by Gasteiger charge is 2.39. The van der Waals surface area contributed by atoms with Gasteiger partial charge in [0.25, 0.3) is 0 Å². The monoisotopic (exact) mass is 325 g/mol. The van der Waals surface area contributed by atoms with E-state index in [0.29, 0.717) is 25.2 Å². The number of carbonyl (C=O) groups is 1. The zero-order valence-corrected chi connectivity index (χ0v) is 13.8. The molecule has 0 saturated carbocycles. The number of amides is 1. The van der Waals surface area contributed by atoms with E-state index in [9.17, 15) is 4.79 Å². The Labute approximate surface area is 142 Å². The Morgan fingerprint density at radius 1 is 1.33 bits per heavy atom. The Morgan fingerprint density at radius 3 is 2.83 bits per heavy atom. The quantitative estimate of drug-likeness (QED) is 0.773. The van der Waals surface area contributed by atoms with Gasteiger partial charge in [-0.1, -0.05) is 12.1 Å². The molecule has 5 nitrogen and oxygen atoms in total. The number of hydrogen-bond donors (Lipinski definition) is 1. The molecule has 0 aliphatic carbocycles.